The molecule has 0 fully saturated rings. The number of anilines is 1. The first-order chi connectivity index (χ1) is 14.5. The van der Waals surface area contributed by atoms with E-state index in [-0.39, 0.29) is 17.5 Å². The summed E-state index contributed by atoms with van der Waals surface area (Å²) < 4.78 is 26.1. The molecular formula is C25H17F2NOS. The van der Waals surface area contributed by atoms with E-state index in [9.17, 15) is 13.6 Å². The van der Waals surface area contributed by atoms with Gasteiger partial charge in [-0.15, -0.1) is 0 Å². The number of thioether (sulfide) groups is 1. The molecule has 0 N–H and O–H groups in total. The van der Waals surface area contributed by atoms with E-state index >= 15 is 0 Å². The van der Waals surface area contributed by atoms with Gasteiger partial charge in [-0.25, -0.2) is 8.78 Å². The number of carbonyl (C=O) groups excluding carboxylic acids is 1. The van der Waals surface area contributed by atoms with Crippen molar-refractivity contribution in [2.45, 2.75) is 9.64 Å². The third-order valence-electron chi connectivity index (χ3n) is 5.46. The van der Waals surface area contributed by atoms with E-state index in [1.54, 1.807) is 36.2 Å². The number of benzene rings is 3. The van der Waals surface area contributed by atoms with Crippen LogP contribution in [-0.2, 0) is 4.79 Å². The van der Waals surface area contributed by atoms with Crippen LogP contribution in [-0.4, -0.2) is 17.7 Å². The van der Waals surface area contributed by atoms with Gasteiger partial charge in [0.2, 0.25) is 0 Å². The van der Waals surface area contributed by atoms with Crippen molar-refractivity contribution in [1.29, 1.82) is 0 Å². The first kappa shape index (κ1) is 18.8. The van der Waals surface area contributed by atoms with Gasteiger partial charge in [-0.1, -0.05) is 48.2 Å². The van der Waals surface area contributed by atoms with E-state index in [1.165, 1.54) is 36.0 Å². The van der Waals surface area contributed by atoms with Crippen LogP contribution < -0.4 is 4.90 Å². The summed E-state index contributed by atoms with van der Waals surface area (Å²) in [6.45, 7) is 0. The number of para-hydroxylation sites is 1. The van der Waals surface area contributed by atoms with Crippen molar-refractivity contribution in [3.8, 4) is 0 Å². The number of hydrogen-bond acceptors (Lipinski definition) is 2. The molecule has 1 aliphatic carbocycles. The van der Waals surface area contributed by atoms with Gasteiger partial charge >= 0.3 is 0 Å². The maximum absolute atomic E-state index is 13.5. The molecule has 0 saturated carbocycles. The Morgan fingerprint density at radius 2 is 1.27 bits per heavy atom. The maximum atomic E-state index is 13.5. The molecule has 5 rings (SSSR count). The standard InChI is InChI=1S/C25H17F2NOS/c1-28-22-4-2-3-5-23(22)30-25(24(28)29)14-20(16-6-10-18(26)11-7-16)21(15-25)17-8-12-19(27)13-9-17/h2-15H,1H3. The summed E-state index contributed by atoms with van der Waals surface area (Å²) in [5.41, 5.74) is 4.14. The predicted molar refractivity (Wildman–Crippen MR) is 117 cm³/mol. The molecule has 0 unspecified atom stereocenters. The van der Waals surface area contributed by atoms with Crippen LogP contribution in [0.25, 0.3) is 11.1 Å². The number of rotatable bonds is 2. The zero-order valence-electron chi connectivity index (χ0n) is 16.1. The second-order valence-electron chi connectivity index (χ2n) is 7.36. The summed E-state index contributed by atoms with van der Waals surface area (Å²) in [6.07, 6.45) is 3.89. The van der Waals surface area contributed by atoms with E-state index in [2.05, 4.69) is 0 Å². The second-order valence-corrected chi connectivity index (χ2v) is 8.68. The van der Waals surface area contributed by atoms with Crippen LogP contribution in [0, 0.1) is 11.6 Å². The molecule has 1 spiro atoms. The first-order valence-electron chi connectivity index (χ1n) is 9.51. The largest absolute Gasteiger partial charge is 0.313 e. The minimum absolute atomic E-state index is 0.0528. The van der Waals surface area contributed by atoms with Crippen LogP contribution in [0.3, 0.4) is 0 Å². The number of allylic oxidation sites excluding steroid dienone is 2. The van der Waals surface area contributed by atoms with Crippen LogP contribution >= 0.6 is 11.8 Å². The third-order valence-corrected chi connectivity index (χ3v) is 6.78. The maximum Gasteiger partial charge on any atom is 0.251 e. The lowest BCUT2D eigenvalue weighted by molar-refractivity contribution is -0.118. The lowest BCUT2D eigenvalue weighted by Crippen LogP contribution is -2.45. The van der Waals surface area contributed by atoms with Crippen molar-refractivity contribution in [2.24, 2.45) is 0 Å². The van der Waals surface area contributed by atoms with Crippen molar-refractivity contribution in [3.05, 3.63) is 108 Å². The molecule has 2 nitrogen and oxygen atoms in total. The van der Waals surface area contributed by atoms with Crippen LogP contribution in [0.1, 0.15) is 11.1 Å². The Labute approximate surface area is 177 Å². The average Bonchev–Trinajstić information content (AvgIpc) is 3.13. The number of hydrogen-bond donors (Lipinski definition) is 0. The van der Waals surface area contributed by atoms with Gasteiger partial charge in [-0.3, -0.25) is 4.79 Å². The molecule has 1 heterocycles. The van der Waals surface area contributed by atoms with Gasteiger partial charge in [0, 0.05) is 11.9 Å². The average molecular weight is 417 g/mol. The number of amides is 1. The van der Waals surface area contributed by atoms with E-state index in [1.807, 2.05) is 36.4 Å². The van der Waals surface area contributed by atoms with Gasteiger partial charge in [0.25, 0.3) is 5.91 Å². The summed E-state index contributed by atoms with van der Waals surface area (Å²) in [7, 11) is 1.78. The fourth-order valence-corrected chi connectivity index (χ4v) is 5.36. The van der Waals surface area contributed by atoms with E-state index in [4.69, 9.17) is 0 Å². The molecule has 1 aliphatic heterocycles. The van der Waals surface area contributed by atoms with Crippen molar-refractivity contribution in [1.82, 2.24) is 0 Å². The highest BCUT2D eigenvalue weighted by atomic mass is 32.2. The normalized spacial score (nSPS) is 17.0. The van der Waals surface area contributed by atoms with Gasteiger partial charge in [0.1, 0.15) is 16.4 Å². The van der Waals surface area contributed by atoms with Crippen LogP contribution in [0.2, 0.25) is 0 Å². The molecule has 1 amide bonds. The molecule has 0 atom stereocenters. The first-order valence-corrected chi connectivity index (χ1v) is 10.3. The second kappa shape index (κ2) is 6.96. The summed E-state index contributed by atoms with van der Waals surface area (Å²) in [5.74, 6) is -0.699. The van der Waals surface area contributed by atoms with Crippen LogP contribution in [0.4, 0.5) is 14.5 Å². The Kier molecular flexibility index (Phi) is 4.36. The van der Waals surface area contributed by atoms with E-state index in [0.717, 1.165) is 32.9 Å². The smallest absolute Gasteiger partial charge is 0.251 e. The zero-order valence-corrected chi connectivity index (χ0v) is 16.9. The number of fused-ring (bicyclic) bond motifs is 1. The van der Waals surface area contributed by atoms with Crippen molar-refractivity contribution in [2.75, 3.05) is 11.9 Å². The Morgan fingerprint density at radius 1 is 0.767 bits per heavy atom. The monoisotopic (exact) mass is 417 g/mol. The Morgan fingerprint density at radius 3 is 1.80 bits per heavy atom. The summed E-state index contributed by atoms with van der Waals surface area (Å²) in [6, 6.07) is 20.2. The van der Waals surface area contributed by atoms with Gasteiger partial charge in [0.05, 0.1) is 5.69 Å². The molecule has 30 heavy (non-hydrogen) atoms. The van der Waals surface area contributed by atoms with E-state index < -0.39 is 4.75 Å². The quantitative estimate of drug-likeness (QED) is 0.513. The Bertz CT molecular complexity index is 1150. The molecule has 148 valence electrons. The fraction of sp³-hybridized carbons (Fsp3) is 0.0800. The molecule has 3 aromatic carbocycles. The van der Waals surface area contributed by atoms with Gasteiger partial charge in [-0.2, -0.15) is 0 Å². The van der Waals surface area contributed by atoms with Crippen molar-refractivity contribution < 1.29 is 13.6 Å². The number of carbonyl (C=O) groups is 1. The number of halogens is 2. The summed E-state index contributed by atoms with van der Waals surface area (Å²) >= 11 is 1.49. The van der Waals surface area contributed by atoms with Crippen molar-refractivity contribution >= 4 is 34.5 Å². The third kappa shape index (κ3) is 2.97. The molecule has 0 saturated heterocycles. The highest BCUT2D eigenvalue weighted by Gasteiger charge is 2.46. The zero-order chi connectivity index (χ0) is 20.9. The molecule has 0 aromatic heterocycles. The molecule has 2 aliphatic rings. The van der Waals surface area contributed by atoms with Gasteiger partial charge < -0.3 is 4.90 Å². The lowest BCUT2D eigenvalue weighted by Gasteiger charge is -2.36. The topological polar surface area (TPSA) is 20.3 Å². The lowest BCUT2D eigenvalue weighted by atomic mass is 9.95. The minimum atomic E-state index is -0.920. The molecular weight excluding hydrogens is 400 g/mol. The minimum Gasteiger partial charge on any atom is -0.313 e. The summed E-state index contributed by atoms with van der Waals surface area (Å²) in [5, 5.41) is 0. The molecule has 3 aromatic rings. The molecule has 0 bridgehead atoms. The number of nitrogens with zero attached hydrogens (tertiary/aromatic N) is 1. The highest BCUT2D eigenvalue weighted by Crippen LogP contribution is 2.53. The Hall–Kier alpha value is -3.18. The van der Waals surface area contributed by atoms with Crippen LogP contribution in [0.5, 0.6) is 0 Å². The molecule has 0 radical (unpaired) electrons. The fourth-order valence-electron chi connectivity index (χ4n) is 3.96. The van der Waals surface area contributed by atoms with Gasteiger partial charge in [-0.05, 0) is 70.8 Å². The van der Waals surface area contributed by atoms with E-state index in [0.29, 0.717) is 0 Å². The SMILES string of the molecule is CN1C(=O)C2(C=C(c3ccc(F)cc3)C(c3ccc(F)cc3)=C2)Sc2ccccc21. The van der Waals surface area contributed by atoms with Crippen LogP contribution in [0.15, 0.2) is 89.8 Å². The summed E-state index contributed by atoms with van der Waals surface area (Å²) in [4.78, 5) is 16.2. The van der Waals surface area contributed by atoms with Gasteiger partial charge in [0.15, 0.2) is 0 Å². The molecule has 5 heteroatoms. The Balaban J connectivity index is 1.70. The predicted octanol–water partition coefficient (Wildman–Crippen LogP) is 5.95. The highest BCUT2D eigenvalue weighted by molar-refractivity contribution is 8.02. The van der Waals surface area contributed by atoms with Crippen molar-refractivity contribution in [3.63, 3.8) is 0 Å².